The molecule has 2 aromatic rings. The Morgan fingerprint density at radius 2 is 1.65 bits per heavy atom. The number of nitrogens with zero attached hydrogens (tertiary/aromatic N) is 1. The van der Waals surface area contributed by atoms with E-state index in [1.165, 1.54) is 5.56 Å². The lowest BCUT2D eigenvalue weighted by molar-refractivity contribution is 0.769. The summed E-state index contributed by atoms with van der Waals surface area (Å²) < 4.78 is 0. The molecule has 20 heavy (non-hydrogen) atoms. The zero-order chi connectivity index (χ0) is 14.2. The van der Waals surface area contributed by atoms with Crippen molar-refractivity contribution >= 4 is 11.6 Å². The van der Waals surface area contributed by atoms with Crippen LogP contribution in [0.3, 0.4) is 0 Å². The monoisotopic (exact) mass is 268 g/mol. The van der Waals surface area contributed by atoms with Gasteiger partial charge in [-0.05, 0) is 17.7 Å². The van der Waals surface area contributed by atoms with E-state index >= 15 is 0 Å². The summed E-state index contributed by atoms with van der Waals surface area (Å²) in [6.45, 7) is 2.82. The number of anilines is 1. The number of hydrogen-bond acceptors (Lipinski definition) is 2. The highest BCUT2D eigenvalue weighted by molar-refractivity contribution is 5.93. The predicted octanol–water partition coefficient (Wildman–Crippen LogP) is 2.72. The molecule has 2 rings (SSSR count). The van der Waals surface area contributed by atoms with Crippen LogP contribution in [0.5, 0.6) is 0 Å². The molecule has 0 saturated heterocycles. The molecule has 0 aromatic heterocycles. The number of rotatable bonds is 4. The van der Waals surface area contributed by atoms with Crippen molar-refractivity contribution in [3.05, 3.63) is 66.2 Å². The van der Waals surface area contributed by atoms with Crippen molar-refractivity contribution in [3.8, 4) is 0 Å². The lowest BCUT2D eigenvalue weighted by Crippen LogP contribution is -2.36. The quantitative estimate of drug-likeness (QED) is 0.346. The van der Waals surface area contributed by atoms with Crippen LogP contribution in [0.15, 0.2) is 65.7 Å². The fraction of sp³-hybridized carbons (Fsp3) is 0.188. The molecule has 0 heterocycles. The van der Waals surface area contributed by atoms with Gasteiger partial charge < -0.3 is 5.32 Å². The number of benzene rings is 2. The molecule has 0 fully saturated rings. The van der Waals surface area contributed by atoms with Crippen LogP contribution < -0.4 is 16.6 Å². The summed E-state index contributed by atoms with van der Waals surface area (Å²) in [7, 11) is 0. The first-order valence-corrected chi connectivity index (χ1v) is 6.67. The fourth-order valence-corrected chi connectivity index (χ4v) is 1.89. The number of nitrogens with two attached hydrogens (primary N) is 1. The maximum Gasteiger partial charge on any atom is 0.210 e. The molecule has 4 N–H and O–H groups in total. The van der Waals surface area contributed by atoms with Crippen molar-refractivity contribution in [1.82, 2.24) is 5.43 Å². The highest BCUT2D eigenvalue weighted by Crippen LogP contribution is 2.14. The van der Waals surface area contributed by atoms with E-state index in [0.29, 0.717) is 18.4 Å². The second kappa shape index (κ2) is 7.31. The van der Waals surface area contributed by atoms with E-state index in [1.807, 2.05) is 48.5 Å². The number of nitrogens with one attached hydrogen (secondary N) is 2. The SMILES string of the molecule is CC(CN=C(NN)Nc1ccccc1)c1ccccc1. The minimum atomic E-state index is 0.345. The first-order valence-electron chi connectivity index (χ1n) is 6.67. The van der Waals surface area contributed by atoms with Crippen molar-refractivity contribution in [2.75, 3.05) is 11.9 Å². The fourth-order valence-electron chi connectivity index (χ4n) is 1.89. The molecule has 0 spiro atoms. The van der Waals surface area contributed by atoms with Crippen LogP contribution in [0, 0.1) is 0 Å². The summed E-state index contributed by atoms with van der Waals surface area (Å²) in [6, 6.07) is 20.1. The summed E-state index contributed by atoms with van der Waals surface area (Å²) in [6.07, 6.45) is 0. The van der Waals surface area contributed by atoms with Gasteiger partial charge >= 0.3 is 0 Å². The Balaban J connectivity index is 1.97. The molecule has 104 valence electrons. The van der Waals surface area contributed by atoms with Gasteiger partial charge in [0, 0.05) is 18.2 Å². The molecular formula is C16H20N4. The first kappa shape index (κ1) is 14.1. The van der Waals surface area contributed by atoms with E-state index in [2.05, 4.69) is 34.8 Å². The van der Waals surface area contributed by atoms with Gasteiger partial charge in [-0.25, -0.2) is 5.84 Å². The van der Waals surface area contributed by atoms with Gasteiger partial charge in [-0.1, -0.05) is 55.5 Å². The molecule has 0 radical (unpaired) electrons. The van der Waals surface area contributed by atoms with Crippen molar-refractivity contribution in [2.24, 2.45) is 10.8 Å². The highest BCUT2D eigenvalue weighted by atomic mass is 15.3. The van der Waals surface area contributed by atoms with Gasteiger partial charge in [-0.3, -0.25) is 10.4 Å². The molecule has 0 bridgehead atoms. The zero-order valence-electron chi connectivity index (χ0n) is 11.6. The standard InChI is InChI=1S/C16H20N4/c1-13(14-8-4-2-5-9-14)12-18-16(20-17)19-15-10-6-3-7-11-15/h2-11,13H,12,17H2,1H3,(H2,18,19,20). The average molecular weight is 268 g/mol. The van der Waals surface area contributed by atoms with E-state index in [1.54, 1.807) is 0 Å². The summed E-state index contributed by atoms with van der Waals surface area (Å²) in [4.78, 5) is 4.48. The lowest BCUT2D eigenvalue weighted by atomic mass is 10.0. The van der Waals surface area contributed by atoms with Gasteiger partial charge in [0.1, 0.15) is 0 Å². The van der Waals surface area contributed by atoms with Crippen molar-refractivity contribution in [2.45, 2.75) is 12.8 Å². The molecule has 0 aliphatic rings. The van der Waals surface area contributed by atoms with Crippen molar-refractivity contribution in [3.63, 3.8) is 0 Å². The Morgan fingerprint density at radius 3 is 2.25 bits per heavy atom. The maximum atomic E-state index is 5.50. The number of para-hydroxylation sites is 1. The third kappa shape index (κ3) is 4.10. The van der Waals surface area contributed by atoms with Crippen LogP contribution in [-0.2, 0) is 0 Å². The zero-order valence-corrected chi connectivity index (χ0v) is 11.6. The van der Waals surface area contributed by atoms with Crippen LogP contribution in [0.1, 0.15) is 18.4 Å². The largest absolute Gasteiger partial charge is 0.325 e. The van der Waals surface area contributed by atoms with Gasteiger partial charge in [0.15, 0.2) is 0 Å². The van der Waals surface area contributed by atoms with Gasteiger partial charge in [0.2, 0.25) is 5.96 Å². The topological polar surface area (TPSA) is 62.4 Å². The molecular weight excluding hydrogens is 248 g/mol. The van der Waals surface area contributed by atoms with Crippen LogP contribution in [-0.4, -0.2) is 12.5 Å². The van der Waals surface area contributed by atoms with Gasteiger partial charge in [0.25, 0.3) is 0 Å². The van der Waals surface area contributed by atoms with E-state index in [0.717, 1.165) is 5.69 Å². The lowest BCUT2D eigenvalue weighted by Gasteiger charge is -2.12. The number of aliphatic imine (C=N–C) groups is 1. The Labute approximate surface area is 119 Å². The van der Waals surface area contributed by atoms with Gasteiger partial charge in [0.05, 0.1) is 0 Å². The number of hydrazine groups is 1. The van der Waals surface area contributed by atoms with E-state index in [4.69, 9.17) is 5.84 Å². The van der Waals surface area contributed by atoms with Crippen LogP contribution >= 0.6 is 0 Å². The van der Waals surface area contributed by atoms with Crippen molar-refractivity contribution in [1.29, 1.82) is 0 Å². The summed E-state index contributed by atoms with van der Waals surface area (Å²) in [5, 5.41) is 3.15. The van der Waals surface area contributed by atoms with E-state index in [-0.39, 0.29) is 0 Å². The second-order valence-electron chi connectivity index (χ2n) is 4.64. The molecule has 0 aliphatic heterocycles. The molecule has 0 saturated carbocycles. The van der Waals surface area contributed by atoms with Crippen LogP contribution in [0.2, 0.25) is 0 Å². The smallest absolute Gasteiger partial charge is 0.210 e. The minimum absolute atomic E-state index is 0.345. The molecule has 1 unspecified atom stereocenters. The van der Waals surface area contributed by atoms with Crippen molar-refractivity contribution < 1.29 is 0 Å². The Hall–Kier alpha value is -2.33. The summed E-state index contributed by atoms with van der Waals surface area (Å²) >= 11 is 0. The van der Waals surface area contributed by atoms with Gasteiger partial charge in [-0.2, -0.15) is 0 Å². The van der Waals surface area contributed by atoms with E-state index in [9.17, 15) is 0 Å². The third-order valence-corrected chi connectivity index (χ3v) is 3.07. The number of hydrogen-bond donors (Lipinski definition) is 3. The minimum Gasteiger partial charge on any atom is -0.325 e. The third-order valence-electron chi connectivity index (χ3n) is 3.07. The van der Waals surface area contributed by atoms with Crippen LogP contribution in [0.4, 0.5) is 5.69 Å². The molecule has 4 heteroatoms. The first-order chi connectivity index (χ1) is 9.79. The molecule has 0 amide bonds. The highest BCUT2D eigenvalue weighted by Gasteiger charge is 2.04. The maximum absolute atomic E-state index is 5.50. The second-order valence-corrected chi connectivity index (χ2v) is 4.64. The molecule has 0 aliphatic carbocycles. The molecule has 2 aromatic carbocycles. The molecule has 4 nitrogen and oxygen atoms in total. The van der Waals surface area contributed by atoms with Crippen LogP contribution in [0.25, 0.3) is 0 Å². The summed E-state index contributed by atoms with van der Waals surface area (Å²) in [5.41, 5.74) is 4.82. The molecule has 1 atom stereocenters. The normalized spacial score (nSPS) is 12.8. The van der Waals surface area contributed by atoms with E-state index < -0.39 is 0 Å². The summed E-state index contributed by atoms with van der Waals surface area (Å²) in [5.74, 6) is 6.42. The Bertz CT molecular complexity index is 537. The average Bonchev–Trinajstić information content (AvgIpc) is 2.53. The Kier molecular flexibility index (Phi) is 5.15. The number of guanidine groups is 1. The van der Waals surface area contributed by atoms with Gasteiger partial charge in [-0.15, -0.1) is 0 Å². The Morgan fingerprint density at radius 1 is 1.05 bits per heavy atom. The predicted molar refractivity (Wildman–Crippen MR) is 84.5 cm³/mol.